The van der Waals surface area contributed by atoms with Crippen molar-refractivity contribution in [3.8, 4) is 0 Å². The first-order chi connectivity index (χ1) is 9.27. The van der Waals surface area contributed by atoms with Gasteiger partial charge in [-0.2, -0.15) is 0 Å². The number of rotatable bonds is 4. The van der Waals surface area contributed by atoms with Gasteiger partial charge >= 0.3 is 0 Å². The van der Waals surface area contributed by atoms with E-state index in [0.717, 1.165) is 36.6 Å². The molecule has 0 bridgehead atoms. The topological polar surface area (TPSA) is 67.1 Å². The fraction of sp³-hybridized carbons (Fsp3) is 0.714. The van der Waals surface area contributed by atoms with E-state index >= 15 is 0 Å². The summed E-state index contributed by atoms with van der Waals surface area (Å²) in [6, 6.07) is 0.540. The van der Waals surface area contributed by atoms with Crippen LogP contribution in [0.25, 0.3) is 0 Å². The van der Waals surface area contributed by atoms with E-state index < -0.39 is 0 Å². The summed E-state index contributed by atoms with van der Waals surface area (Å²) in [6.45, 7) is 5.54. The van der Waals surface area contributed by atoms with Gasteiger partial charge in [0.1, 0.15) is 18.0 Å². The Kier molecular flexibility index (Phi) is 4.96. The molecule has 1 unspecified atom stereocenters. The molecule has 1 aromatic rings. The smallest absolute Gasteiger partial charge is 0.148 e. The Balaban J connectivity index is 2.35. The first kappa shape index (κ1) is 14.1. The van der Waals surface area contributed by atoms with Crippen molar-refractivity contribution in [2.24, 2.45) is 5.84 Å². The fourth-order valence-electron chi connectivity index (χ4n) is 2.84. The molecule has 106 valence electrons. The highest BCUT2D eigenvalue weighted by Gasteiger charge is 2.22. The number of hydrogen-bond donors (Lipinski definition) is 2. The molecule has 5 nitrogen and oxygen atoms in total. The third-order valence-electron chi connectivity index (χ3n) is 3.88. The van der Waals surface area contributed by atoms with E-state index in [-0.39, 0.29) is 0 Å². The number of hydrogen-bond acceptors (Lipinski definition) is 5. The Hall–Kier alpha value is -1.36. The van der Waals surface area contributed by atoms with Gasteiger partial charge in [-0.3, -0.25) is 0 Å². The lowest BCUT2D eigenvalue weighted by atomic mass is 10.1. The summed E-state index contributed by atoms with van der Waals surface area (Å²) in [5.41, 5.74) is 3.87. The zero-order valence-electron chi connectivity index (χ0n) is 12.0. The molecule has 1 saturated heterocycles. The highest BCUT2D eigenvalue weighted by molar-refractivity contribution is 5.58. The Labute approximate surface area is 115 Å². The number of aromatic nitrogens is 2. The maximum absolute atomic E-state index is 5.59. The van der Waals surface area contributed by atoms with E-state index in [1.807, 2.05) is 0 Å². The molecule has 2 heterocycles. The molecule has 0 saturated carbocycles. The molecular weight excluding hydrogens is 238 g/mol. The Bertz CT molecular complexity index is 407. The van der Waals surface area contributed by atoms with Gasteiger partial charge in [0.2, 0.25) is 0 Å². The first-order valence-corrected chi connectivity index (χ1v) is 7.35. The molecule has 3 N–H and O–H groups in total. The SMILES string of the molecule is CCCc1c(NN)ncnc1N1CCCCCC1C. The van der Waals surface area contributed by atoms with E-state index in [0.29, 0.717) is 6.04 Å². The number of anilines is 2. The largest absolute Gasteiger partial charge is 0.354 e. The van der Waals surface area contributed by atoms with Gasteiger partial charge in [-0.1, -0.05) is 26.2 Å². The quantitative estimate of drug-likeness (QED) is 0.645. The van der Waals surface area contributed by atoms with Crippen molar-refractivity contribution in [3.63, 3.8) is 0 Å². The molecular formula is C14H25N5. The number of nitrogen functional groups attached to an aromatic ring is 1. The lowest BCUT2D eigenvalue weighted by molar-refractivity contribution is 0.608. The standard InChI is InChI=1S/C14H25N5/c1-3-7-12-13(18-15)16-10-17-14(12)19-9-6-4-5-8-11(19)2/h10-11H,3-9,15H2,1-2H3,(H,16,17,18). The summed E-state index contributed by atoms with van der Waals surface area (Å²) < 4.78 is 0. The van der Waals surface area contributed by atoms with Gasteiger partial charge < -0.3 is 10.3 Å². The molecule has 1 aliphatic rings. The monoisotopic (exact) mass is 263 g/mol. The molecule has 1 fully saturated rings. The summed E-state index contributed by atoms with van der Waals surface area (Å²) in [4.78, 5) is 11.2. The predicted molar refractivity (Wildman–Crippen MR) is 79.1 cm³/mol. The zero-order valence-corrected chi connectivity index (χ0v) is 12.0. The average molecular weight is 263 g/mol. The molecule has 0 amide bonds. The molecule has 0 spiro atoms. The van der Waals surface area contributed by atoms with E-state index in [2.05, 4.69) is 34.1 Å². The average Bonchev–Trinajstić information content (AvgIpc) is 2.64. The molecule has 19 heavy (non-hydrogen) atoms. The van der Waals surface area contributed by atoms with Crippen molar-refractivity contribution in [1.82, 2.24) is 9.97 Å². The molecule has 0 aromatic carbocycles. The lowest BCUT2D eigenvalue weighted by Gasteiger charge is -2.30. The summed E-state index contributed by atoms with van der Waals surface area (Å²) in [6.07, 6.45) is 8.74. The second-order valence-electron chi connectivity index (χ2n) is 5.31. The van der Waals surface area contributed by atoms with Crippen LogP contribution in [0.15, 0.2) is 6.33 Å². The van der Waals surface area contributed by atoms with Crippen LogP contribution in [0.3, 0.4) is 0 Å². The van der Waals surface area contributed by atoms with Gasteiger partial charge in [0, 0.05) is 18.2 Å². The Morgan fingerprint density at radius 2 is 2.21 bits per heavy atom. The molecule has 5 heteroatoms. The second kappa shape index (κ2) is 6.70. The van der Waals surface area contributed by atoms with E-state index in [9.17, 15) is 0 Å². The van der Waals surface area contributed by atoms with E-state index in [1.165, 1.54) is 25.7 Å². The minimum atomic E-state index is 0.540. The number of nitrogens with zero attached hydrogens (tertiary/aromatic N) is 3. The Morgan fingerprint density at radius 1 is 1.37 bits per heavy atom. The van der Waals surface area contributed by atoms with Crippen LogP contribution in [0.5, 0.6) is 0 Å². The lowest BCUT2D eigenvalue weighted by Crippen LogP contribution is -2.34. The molecule has 2 rings (SSSR count). The number of nitrogens with two attached hydrogens (primary N) is 1. The van der Waals surface area contributed by atoms with Crippen LogP contribution < -0.4 is 16.2 Å². The van der Waals surface area contributed by atoms with Crippen molar-refractivity contribution < 1.29 is 0 Å². The summed E-state index contributed by atoms with van der Waals surface area (Å²) in [7, 11) is 0. The predicted octanol–water partition coefficient (Wildman–Crippen LogP) is 2.48. The first-order valence-electron chi connectivity index (χ1n) is 7.35. The number of nitrogens with one attached hydrogen (secondary N) is 1. The molecule has 1 aliphatic heterocycles. The van der Waals surface area contributed by atoms with Gasteiger partial charge in [0.05, 0.1) is 0 Å². The van der Waals surface area contributed by atoms with Gasteiger partial charge in [-0.15, -0.1) is 0 Å². The van der Waals surface area contributed by atoms with Crippen molar-refractivity contribution >= 4 is 11.6 Å². The van der Waals surface area contributed by atoms with Crippen molar-refractivity contribution in [2.75, 3.05) is 16.9 Å². The van der Waals surface area contributed by atoms with Gasteiger partial charge in [-0.05, 0) is 26.2 Å². The van der Waals surface area contributed by atoms with Crippen molar-refractivity contribution in [3.05, 3.63) is 11.9 Å². The highest BCUT2D eigenvalue weighted by Crippen LogP contribution is 2.29. The maximum atomic E-state index is 5.59. The van der Waals surface area contributed by atoms with Crippen LogP contribution in [0.4, 0.5) is 11.6 Å². The third-order valence-corrected chi connectivity index (χ3v) is 3.88. The summed E-state index contributed by atoms with van der Waals surface area (Å²) in [5.74, 6) is 7.42. The van der Waals surface area contributed by atoms with Gasteiger partial charge in [0.25, 0.3) is 0 Å². The maximum Gasteiger partial charge on any atom is 0.148 e. The van der Waals surface area contributed by atoms with Crippen LogP contribution >= 0.6 is 0 Å². The van der Waals surface area contributed by atoms with Crippen LogP contribution in [0.1, 0.15) is 51.5 Å². The molecule has 1 atom stereocenters. The van der Waals surface area contributed by atoms with E-state index in [1.54, 1.807) is 6.33 Å². The summed E-state index contributed by atoms with van der Waals surface area (Å²) in [5, 5.41) is 0. The van der Waals surface area contributed by atoms with E-state index in [4.69, 9.17) is 5.84 Å². The normalized spacial score (nSPS) is 20.2. The van der Waals surface area contributed by atoms with Crippen LogP contribution in [0, 0.1) is 0 Å². The third kappa shape index (κ3) is 3.15. The van der Waals surface area contributed by atoms with Crippen molar-refractivity contribution in [2.45, 2.75) is 58.4 Å². The van der Waals surface area contributed by atoms with Crippen LogP contribution in [0.2, 0.25) is 0 Å². The summed E-state index contributed by atoms with van der Waals surface area (Å²) >= 11 is 0. The van der Waals surface area contributed by atoms with Crippen molar-refractivity contribution in [1.29, 1.82) is 0 Å². The fourth-order valence-corrected chi connectivity index (χ4v) is 2.84. The zero-order chi connectivity index (χ0) is 13.7. The molecule has 1 aromatic heterocycles. The van der Waals surface area contributed by atoms with Gasteiger partial charge in [-0.25, -0.2) is 15.8 Å². The minimum absolute atomic E-state index is 0.540. The van der Waals surface area contributed by atoms with Gasteiger partial charge in [0.15, 0.2) is 0 Å². The number of hydrazine groups is 1. The molecule has 0 aliphatic carbocycles. The highest BCUT2D eigenvalue weighted by atomic mass is 15.3. The van der Waals surface area contributed by atoms with Crippen LogP contribution in [-0.4, -0.2) is 22.6 Å². The minimum Gasteiger partial charge on any atom is -0.354 e. The van der Waals surface area contributed by atoms with Crippen LogP contribution in [-0.2, 0) is 6.42 Å². The Morgan fingerprint density at radius 3 is 2.95 bits per heavy atom. The molecule has 0 radical (unpaired) electrons. The second-order valence-corrected chi connectivity index (χ2v) is 5.31.